The molecule has 3 rings (SSSR count). The number of methoxy groups -OCH3 is 1. The highest BCUT2D eigenvalue weighted by molar-refractivity contribution is 5.96. The normalized spacial score (nSPS) is 16.0. The second kappa shape index (κ2) is 8.67. The molecule has 1 heterocycles. The van der Waals surface area contributed by atoms with E-state index in [9.17, 15) is 14.4 Å². The van der Waals surface area contributed by atoms with Gasteiger partial charge < -0.3 is 15.4 Å². The van der Waals surface area contributed by atoms with Crippen molar-refractivity contribution >= 4 is 23.5 Å². The van der Waals surface area contributed by atoms with Gasteiger partial charge in [-0.15, -0.1) is 0 Å². The predicted molar refractivity (Wildman–Crippen MR) is 105 cm³/mol. The van der Waals surface area contributed by atoms with Gasteiger partial charge >= 0.3 is 5.97 Å². The Balaban J connectivity index is 1.69. The van der Waals surface area contributed by atoms with Gasteiger partial charge in [0, 0.05) is 24.8 Å². The van der Waals surface area contributed by atoms with E-state index < -0.39 is 6.04 Å². The zero-order chi connectivity index (χ0) is 20.1. The van der Waals surface area contributed by atoms with Crippen molar-refractivity contribution in [1.82, 2.24) is 10.2 Å². The summed E-state index contributed by atoms with van der Waals surface area (Å²) in [5.74, 6) is -0.774. The number of hydrogen-bond acceptors (Lipinski definition) is 5. The molecule has 0 aromatic heterocycles. The number of rotatable bonds is 5. The van der Waals surface area contributed by atoms with Gasteiger partial charge in [0.1, 0.15) is 6.04 Å². The van der Waals surface area contributed by atoms with Gasteiger partial charge in [-0.1, -0.05) is 24.3 Å². The number of anilines is 1. The largest absolute Gasteiger partial charge is 0.468 e. The molecule has 0 radical (unpaired) electrons. The molecule has 0 spiro atoms. The number of nitrogens with one attached hydrogen (secondary N) is 2. The maximum atomic E-state index is 12.5. The van der Waals surface area contributed by atoms with Crippen LogP contribution in [-0.2, 0) is 27.3 Å². The third kappa shape index (κ3) is 4.37. The fourth-order valence-corrected chi connectivity index (χ4v) is 3.35. The van der Waals surface area contributed by atoms with Crippen molar-refractivity contribution in [2.24, 2.45) is 0 Å². The van der Waals surface area contributed by atoms with Crippen LogP contribution in [0.3, 0.4) is 0 Å². The summed E-state index contributed by atoms with van der Waals surface area (Å²) in [5, 5.41) is 5.36. The van der Waals surface area contributed by atoms with Crippen molar-refractivity contribution in [3.05, 3.63) is 65.2 Å². The lowest BCUT2D eigenvalue weighted by Gasteiger charge is -2.34. The second-order valence-electron chi connectivity index (χ2n) is 6.62. The highest BCUT2D eigenvalue weighted by Gasteiger charge is 2.33. The molecular weight excluding hydrogens is 358 g/mol. The van der Waals surface area contributed by atoms with Gasteiger partial charge in [0.15, 0.2) is 0 Å². The summed E-state index contributed by atoms with van der Waals surface area (Å²) in [4.78, 5) is 38.2. The zero-order valence-electron chi connectivity index (χ0n) is 15.9. The van der Waals surface area contributed by atoms with E-state index in [0.29, 0.717) is 24.2 Å². The minimum absolute atomic E-state index is 0.0608. The molecule has 7 heteroatoms. The van der Waals surface area contributed by atoms with Crippen molar-refractivity contribution in [3.63, 3.8) is 0 Å². The van der Waals surface area contributed by atoms with Crippen molar-refractivity contribution in [3.8, 4) is 0 Å². The highest BCUT2D eigenvalue weighted by Crippen LogP contribution is 2.24. The first-order valence-electron chi connectivity index (χ1n) is 9.02. The molecule has 0 bridgehead atoms. The van der Waals surface area contributed by atoms with Crippen LogP contribution in [-0.4, -0.2) is 49.4 Å². The van der Waals surface area contributed by atoms with Crippen molar-refractivity contribution < 1.29 is 19.1 Å². The van der Waals surface area contributed by atoms with E-state index in [-0.39, 0.29) is 24.3 Å². The number of hydrogen-bond donors (Lipinski definition) is 2. The fraction of sp³-hybridized carbons (Fsp3) is 0.286. The van der Waals surface area contributed by atoms with Gasteiger partial charge in [-0.25, -0.2) is 0 Å². The molecule has 2 amide bonds. The van der Waals surface area contributed by atoms with Crippen LogP contribution in [0.2, 0.25) is 0 Å². The average Bonchev–Trinajstić information content (AvgIpc) is 2.72. The molecule has 28 heavy (non-hydrogen) atoms. The van der Waals surface area contributed by atoms with Gasteiger partial charge in [-0.05, 0) is 41.8 Å². The molecular formula is C21H23N3O4. The topological polar surface area (TPSA) is 87.7 Å². The van der Waals surface area contributed by atoms with Gasteiger partial charge in [0.2, 0.25) is 5.91 Å². The van der Waals surface area contributed by atoms with Gasteiger partial charge in [0.25, 0.3) is 5.91 Å². The Labute approximate surface area is 163 Å². The molecule has 0 saturated heterocycles. The molecule has 2 aromatic rings. The van der Waals surface area contributed by atoms with Crippen molar-refractivity contribution in [2.45, 2.75) is 19.0 Å². The third-order valence-electron chi connectivity index (χ3n) is 4.82. The van der Waals surface area contributed by atoms with Gasteiger partial charge in [-0.2, -0.15) is 0 Å². The van der Waals surface area contributed by atoms with E-state index in [4.69, 9.17) is 4.74 Å². The molecule has 1 aliphatic heterocycles. The molecule has 0 unspecified atom stereocenters. The van der Waals surface area contributed by atoms with Crippen molar-refractivity contribution in [2.75, 3.05) is 26.0 Å². The Hall–Kier alpha value is -3.19. The summed E-state index contributed by atoms with van der Waals surface area (Å²) >= 11 is 0. The van der Waals surface area contributed by atoms with Crippen LogP contribution in [0.5, 0.6) is 0 Å². The van der Waals surface area contributed by atoms with E-state index in [0.717, 1.165) is 11.1 Å². The third-order valence-corrected chi connectivity index (χ3v) is 4.82. The van der Waals surface area contributed by atoms with Crippen LogP contribution < -0.4 is 10.6 Å². The van der Waals surface area contributed by atoms with E-state index in [1.807, 2.05) is 29.2 Å². The maximum absolute atomic E-state index is 12.5. The minimum atomic E-state index is -0.499. The lowest BCUT2D eigenvalue weighted by atomic mass is 9.94. The van der Waals surface area contributed by atoms with Crippen LogP contribution in [0.15, 0.2) is 48.5 Å². The summed E-state index contributed by atoms with van der Waals surface area (Å²) in [7, 11) is 2.92. The summed E-state index contributed by atoms with van der Waals surface area (Å²) in [5.41, 5.74) is 3.30. The summed E-state index contributed by atoms with van der Waals surface area (Å²) in [6, 6.07) is 14.0. The van der Waals surface area contributed by atoms with Crippen LogP contribution in [0.1, 0.15) is 21.5 Å². The Kier molecular flexibility index (Phi) is 6.06. The lowest BCUT2D eigenvalue weighted by Crippen LogP contribution is -2.49. The van der Waals surface area contributed by atoms with E-state index in [2.05, 4.69) is 10.6 Å². The summed E-state index contributed by atoms with van der Waals surface area (Å²) in [6.07, 6.45) is 0.511. The molecule has 0 saturated carbocycles. The van der Waals surface area contributed by atoms with E-state index >= 15 is 0 Å². The number of fused-ring (bicyclic) bond motifs is 1. The quantitative estimate of drug-likeness (QED) is 0.768. The zero-order valence-corrected chi connectivity index (χ0v) is 15.9. The second-order valence-corrected chi connectivity index (χ2v) is 6.62. The molecule has 1 atom stereocenters. The van der Waals surface area contributed by atoms with E-state index in [1.54, 1.807) is 31.3 Å². The predicted octanol–water partition coefficient (Wildman–Crippen LogP) is 1.58. The number of nitrogens with zero attached hydrogens (tertiary/aromatic N) is 1. The van der Waals surface area contributed by atoms with Crippen LogP contribution in [0.4, 0.5) is 5.69 Å². The van der Waals surface area contributed by atoms with Gasteiger partial charge in [0.05, 0.1) is 13.7 Å². The molecule has 146 valence electrons. The van der Waals surface area contributed by atoms with Gasteiger partial charge in [-0.3, -0.25) is 19.3 Å². The number of amides is 2. The molecule has 7 nitrogen and oxygen atoms in total. The van der Waals surface area contributed by atoms with Crippen molar-refractivity contribution in [1.29, 1.82) is 0 Å². The number of benzene rings is 2. The average molecular weight is 381 g/mol. The molecule has 2 N–H and O–H groups in total. The molecule has 2 aromatic carbocycles. The number of ether oxygens (including phenoxy) is 1. The van der Waals surface area contributed by atoms with Crippen LogP contribution >= 0.6 is 0 Å². The summed E-state index contributed by atoms with van der Waals surface area (Å²) in [6.45, 7) is 0.560. The fourth-order valence-electron chi connectivity index (χ4n) is 3.35. The summed E-state index contributed by atoms with van der Waals surface area (Å²) < 4.78 is 4.93. The monoisotopic (exact) mass is 381 g/mol. The number of esters is 1. The van der Waals surface area contributed by atoms with Crippen LogP contribution in [0, 0.1) is 0 Å². The SMILES string of the molecule is CNC(=O)c1ccc(NC(=O)CN2Cc3ccccc3C[C@H]2C(=O)OC)cc1. The Morgan fingerprint density at radius 3 is 2.39 bits per heavy atom. The first-order chi connectivity index (χ1) is 13.5. The highest BCUT2D eigenvalue weighted by atomic mass is 16.5. The van der Waals surface area contributed by atoms with E-state index in [1.165, 1.54) is 7.11 Å². The standard InChI is InChI=1S/C21H23N3O4/c1-22-20(26)14-7-9-17(10-8-14)23-19(25)13-24-12-16-6-4-3-5-15(16)11-18(24)21(27)28-2/h3-10,18H,11-13H2,1-2H3,(H,22,26)(H,23,25)/t18-/m0/s1. The number of carbonyl (C=O) groups is 3. The molecule has 0 fully saturated rings. The molecule has 0 aliphatic carbocycles. The van der Waals surface area contributed by atoms with Crippen LogP contribution in [0.25, 0.3) is 0 Å². The first-order valence-corrected chi connectivity index (χ1v) is 9.02. The first kappa shape index (κ1) is 19.6. The Bertz CT molecular complexity index is 879. The number of carbonyl (C=O) groups excluding carboxylic acids is 3. The Morgan fingerprint density at radius 2 is 1.75 bits per heavy atom. The molecule has 1 aliphatic rings. The maximum Gasteiger partial charge on any atom is 0.323 e. The Morgan fingerprint density at radius 1 is 1.07 bits per heavy atom. The minimum Gasteiger partial charge on any atom is -0.468 e. The lowest BCUT2D eigenvalue weighted by molar-refractivity contribution is -0.148. The smallest absolute Gasteiger partial charge is 0.323 e.